The first-order chi connectivity index (χ1) is 9.65. The molecule has 6 N–H and O–H groups in total. The Bertz CT molecular complexity index is 297. The first-order valence-electron chi connectivity index (χ1n) is 7.08. The monoisotopic (exact) mass is 419 g/mol. The molecule has 0 aromatic rings. The molecule has 2 fully saturated rings. The molecule has 2 aliphatic rings. The number of rotatable bonds is 0. The van der Waals surface area contributed by atoms with Gasteiger partial charge in [-0.15, -0.1) is 0 Å². The van der Waals surface area contributed by atoms with Gasteiger partial charge in [0.15, 0.2) is 6.29 Å². The van der Waals surface area contributed by atoms with Gasteiger partial charge in [0.1, 0.15) is 6.10 Å². The summed E-state index contributed by atoms with van der Waals surface area (Å²) in [6, 6.07) is -0.362. The standard InChI is InChI=1S/C7H13IO3.C6H13NO3/c1-3-5(8)7(10)6(9)4(2)11-3;1-3-6(9)4(7)2-5(8)10-3/h3-7,9-10H,1-2H3;3-6,8-9H,2,7H2,1H3. The van der Waals surface area contributed by atoms with Crippen LogP contribution in [0.1, 0.15) is 27.2 Å². The number of ether oxygens (including phenoxy) is 2. The Hall–Kier alpha value is 0.450. The maximum Gasteiger partial charge on any atom is 0.156 e. The summed E-state index contributed by atoms with van der Waals surface area (Å²) in [7, 11) is 0. The number of aliphatic hydroxyl groups is 4. The van der Waals surface area contributed by atoms with E-state index < -0.39 is 24.6 Å². The molecule has 2 heterocycles. The molecule has 0 spiro atoms. The molecule has 21 heavy (non-hydrogen) atoms. The van der Waals surface area contributed by atoms with Gasteiger partial charge in [-0.25, -0.2) is 0 Å². The van der Waals surface area contributed by atoms with E-state index in [0.717, 1.165) is 0 Å². The third-order valence-corrected chi connectivity index (χ3v) is 5.55. The second-order valence-electron chi connectivity index (χ2n) is 5.66. The Balaban J connectivity index is 0.000000211. The third-order valence-electron chi connectivity index (χ3n) is 3.80. The van der Waals surface area contributed by atoms with Crippen LogP contribution in [0.3, 0.4) is 0 Å². The van der Waals surface area contributed by atoms with Crippen LogP contribution in [0, 0.1) is 0 Å². The fourth-order valence-corrected chi connectivity index (χ4v) is 2.94. The summed E-state index contributed by atoms with van der Waals surface area (Å²) in [4.78, 5) is 0. The summed E-state index contributed by atoms with van der Waals surface area (Å²) in [5.74, 6) is 0. The van der Waals surface area contributed by atoms with Gasteiger partial charge in [0.05, 0.1) is 34.4 Å². The lowest BCUT2D eigenvalue weighted by Crippen LogP contribution is -2.53. The smallest absolute Gasteiger partial charge is 0.156 e. The van der Waals surface area contributed by atoms with Gasteiger partial charge in [-0.2, -0.15) is 0 Å². The van der Waals surface area contributed by atoms with Crippen LogP contribution in [0.5, 0.6) is 0 Å². The fourth-order valence-electron chi connectivity index (χ4n) is 2.34. The molecule has 2 aliphatic heterocycles. The molecule has 9 atom stereocenters. The van der Waals surface area contributed by atoms with Gasteiger partial charge < -0.3 is 35.6 Å². The fraction of sp³-hybridized carbons (Fsp3) is 1.00. The molecule has 9 unspecified atom stereocenters. The van der Waals surface area contributed by atoms with E-state index in [9.17, 15) is 15.3 Å². The summed E-state index contributed by atoms with van der Waals surface area (Å²) in [5, 5.41) is 37.0. The summed E-state index contributed by atoms with van der Waals surface area (Å²) in [5.41, 5.74) is 5.47. The lowest BCUT2D eigenvalue weighted by molar-refractivity contribution is -0.198. The van der Waals surface area contributed by atoms with Crippen molar-refractivity contribution in [3.63, 3.8) is 0 Å². The normalized spacial score (nSPS) is 51.0. The maximum absolute atomic E-state index is 9.45. The van der Waals surface area contributed by atoms with Crippen LogP contribution in [0.15, 0.2) is 0 Å². The topological polar surface area (TPSA) is 125 Å². The number of halogens is 1. The van der Waals surface area contributed by atoms with Crippen LogP contribution in [0.2, 0.25) is 0 Å². The first kappa shape index (κ1) is 19.5. The molecule has 0 aromatic carbocycles. The van der Waals surface area contributed by atoms with Crippen molar-refractivity contribution >= 4 is 22.6 Å². The summed E-state index contributed by atoms with van der Waals surface area (Å²) < 4.78 is 10.2. The SMILES string of the molecule is CC1OC(C)C(I)C(O)C1O.CC1OC(O)CC(N)C1O. The van der Waals surface area contributed by atoms with Gasteiger partial charge >= 0.3 is 0 Å². The molecule has 0 saturated carbocycles. The van der Waals surface area contributed by atoms with Crippen LogP contribution in [-0.2, 0) is 9.47 Å². The minimum absolute atomic E-state index is 0.0150. The average Bonchev–Trinajstić information content (AvgIpc) is 2.41. The number of alkyl halides is 1. The molecule has 0 aromatic heterocycles. The molecule has 0 amide bonds. The molecular weight excluding hydrogens is 393 g/mol. The molecule has 126 valence electrons. The summed E-state index contributed by atoms with van der Waals surface area (Å²) >= 11 is 2.10. The van der Waals surface area contributed by atoms with E-state index in [1.165, 1.54) is 0 Å². The predicted molar refractivity (Wildman–Crippen MR) is 85.0 cm³/mol. The van der Waals surface area contributed by atoms with Crippen molar-refractivity contribution in [1.29, 1.82) is 0 Å². The van der Waals surface area contributed by atoms with Crippen LogP contribution in [0.25, 0.3) is 0 Å². The van der Waals surface area contributed by atoms with E-state index in [2.05, 4.69) is 22.6 Å². The number of nitrogens with two attached hydrogens (primary N) is 1. The van der Waals surface area contributed by atoms with Crippen LogP contribution in [-0.4, -0.2) is 73.3 Å². The quantitative estimate of drug-likeness (QED) is 0.255. The van der Waals surface area contributed by atoms with Crippen molar-refractivity contribution in [1.82, 2.24) is 0 Å². The van der Waals surface area contributed by atoms with E-state index in [-0.39, 0.29) is 28.3 Å². The summed E-state index contributed by atoms with van der Waals surface area (Å²) in [6.07, 6.45) is -3.15. The number of hydrogen-bond donors (Lipinski definition) is 5. The lowest BCUT2D eigenvalue weighted by Gasteiger charge is -2.37. The molecular formula is C13H26INO6. The lowest BCUT2D eigenvalue weighted by atomic mass is 10.00. The Morgan fingerprint density at radius 1 is 0.857 bits per heavy atom. The van der Waals surface area contributed by atoms with E-state index >= 15 is 0 Å². The molecule has 7 nitrogen and oxygen atoms in total. The first-order valence-corrected chi connectivity index (χ1v) is 8.32. The van der Waals surface area contributed by atoms with Crippen LogP contribution >= 0.6 is 22.6 Å². The number of aliphatic hydroxyl groups excluding tert-OH is 4. The average molecular weight is 419 g/mol. The van der Waals surface area contributed by atoms with Crippen molar-refractivity contribution in [2.45, 2.75) is 80.1 Å². The van der Waals surface area contributed by atoms with Gasteiger partial charge in [0.2, 0.25) is 0 Å². The van der Waals surface area contributed by atoms with Crippen LogP contribution < -0.4 is 5.73 Å². The van der Waals surface area contributed by atoms with Gasteiger partial charge in [-0.3, -0.25) is 0 Å². The minimum atomic E-state index is -0.812. The van der Waals surface area contributed by atoms with E-state index in [1.54, 1.807) is 13.8 Å². The maximum atomic E-state index is 9.45. The second-order valence-corrected chi connectivity index (χ2v) is 7.10. The third kappa shape index (κ3) is 5.24. The van der Waals surface area contributed by atoms with Crippen LogP contribution in [0.4, 0.5) is 0 Å². The van der Waals surface area contributed by atoms with Gasteiger partial charge in [0.25, 0.3) is 0 Å². The van der Waals surface area contributed by atoms with Crippen molar-refractivity contribution in [2.24, 2.45) is 5.73 Å². The molecule has 0 aliphatic carbocycles. The highest BCUT2D eigenvalue weighted by Crippen LogP contribution is 2.26. The predicted octanol–water partition coefficient (Wildman–Crippen LogP) is -0.879. The highest BCUT2D eigenvalue weighted by molar-refractivity contribution is 14.1. The molecule has 2 saturated heterocycles. The van der Waals surface area contributed by atoms with Crippen molar-refractivity contribution in [2.75, 3.05) is 0 Å². The zero-order chi connectivity index (χ0) is 16.3. The van der Waals surface area contributed by atoms with E-state index in [1.807, 2.05) is 6.92 Å². The highest BCUT2D eigenvalue weighted by atomic mass is 127. The largest absolute Gasteiger partial charge is 0.389 e. The summed E-state index contributed by atoms with van der Waals surface area (Å²) in [6.45, 7) is 5.36. The molecule has 8 heteroatoms. The number of hydrogen-bond acceptors (Lipinski definition) is 7. The minimum Gasteiger partial charge on any atom is -0.389 e. The molecule has 0 radical (unpaired) electrons. The van der Waals surface area contributed by atoms with E-state index in [0.29, 0.717) is 6.42 Å². The Morgan fingerprint density at radius 3 is 1.90 bits per heavy atom. The van der Waals surface area contributed by atoms with Crippen molar-refractivity contribution in [3.05, 3.63) is 0 Å². The Labute approximate surface area is 138 Å². The second kappa shape index (κ2) is 8.34. The zero-order valence-electron chi connectivity index (χ0n) is 12.5. The van der Waals surface area contributed by atoms with Crippen molar-refractivity contribution in [3.8, 4) is 0 Å². The van der Waals surface area contributed by atoms with Gasteiger partial charge in [-0.1, -0.05) is 22.6 Å². The highest BCUT2D eigenvalue weighted by Gasteiger charge is 2.38. The Kier molecular flexibility index (Phi) is 7.75. The van der Waals surface area contributed by atoms with Gasteiger partial charge in [-0.05, 0) is 20.8 Å². The van der Waals surface area contributed by atoms with E-state index in [4.69, 9.17) is 20.3 Å². The van der Waals surface area contributed by atoms with Crippen molar-refractivity contribution < 1.29 is 29.9 Å². The molecule has 0 bridgehead atoms. The van der Waals surface area contributed by atoms with Gasteiger partial charge in [0, 0.05) is 12.5 Å². The Morgan fingerprint density at radius 2 is 1.38 bits per heavy atom. The molecule has 2 rings (SSSR count). The zero-order valence-corrected chi connectivity index (χ0v) is 14.6.